The average Bonchev–Trinajstić information content (AvgIpc) is 2.94. The van der Waals surface area contributed by atoms with E-state index in [4.69, 9.17) is 11.6 Å². The Bertz CT molecular complexity index is 1050. The van der Waals surface area contributed by atoms with E-state index in [2.05, 4.69) is 38.2 Å². The highest BCUT2D eigenvalue weighted by Crippen LogP contribution is 2.34. The topological polar surface area (TPSA) is 61.0 Å². The number of rotatable bonds is 3. The minimum absolute atomic E-state index is 0.606. The molecule has 0 saturated carbocycles. The first-order chi connectivity index (χ1) is 13.5. The molecule has 3 heterocycles. The van der Waals surface area contributed by atoms with Crippen LogP contribution in [0.4, 0.5) is 5.69 Å². The Morgan fingerprint density at radius 2 is 2.04 bits per heavy atom. The number of aromatic nitrogens is 3. The quantitative estimate of drug-likeness (QED) is 0.680. The molecule has 0 atom stereocenters. The third kappa shape index (κ3) is 3.68. The number of hydrogen-bond donors (Lipinski definition) is 0. The van der Waals surface area contributed by atoms with Crippen LogP contribution < -0.4 is 4.90 Å². The molecule has 28 heavy (non-hydrogen) atoms. The van der Waals surface area contributed by atoms with Crippen LogP contribution in [0.15, 0.2) is 30.7 Å². The smallest absolute Gasteiger partial charge is 0.103 e. The van der Waals surface area contributed by atoms with Gasteiger partial charge in [-0.05, 0) is 31.0 Å². The molecular weight excluding hydrogens is 372 g/mol. The summed E-state index contributed by atoms with van der Waals surface area (Å²) in [6.07, 6.45) is 6.68. The van der Waals surface area contributed by atoms with Gasteiger partial charge in [-0.2, -0.15) is 10.4 Å². The molecule has 1 aliphatic rings. The molecule has 0 bridgehead atoms. The van der Waals surface area contributed by atoms with Crippen molar-refractivity contribution in [1.29, 1.82) is 5.26 Å². The molecule has 0 aliphatic carbocycles. The van der Waals surface area contributed by atoms with Gasteiger partial charge in [0.1, 0.15) is 6.07 Å². The number of aryl methyl sites for hydroxylation is 2. The fourth-order valence-electron chi connectivity index (χ4n) is 3.97. The molecule has 1 aliphatic heterocycles. The second kappa shape index (κ2) is 7.78. The van der Waals surface area contributed by atoms with E-state index in [1.54, 1.807) is 6.20 Å². The fourth-order valence-corrected chi connectivity index (χ4v) is 4.29. The highest BCUT2D eigenvalue weighted by Gasteiger charge is 2.21. The van der Waals surface area contributed by atoms with E-state index in [1.807, 2.05) is 30.9 Å². The van der Waals surface area contributed by atoms with Crippen LogP contribution in [-0.4, -0.2) is 45.8 Å². The zero-order chi connectivity index (χ0) is 19.7. The maximum absolute atomic E-state index is 9.70. The monoisotopic (exact) mass is 394 g/mol. The molecule has 1 saturated heterocycles. The maximum atomic E-state index is 9.70. The van der Waals surface area contributed by atoms with Crippen molar-refractivity contribution >= 4 is 28.2 Å². The van der Waals surface area contributed by atoms with Crippen molar-refractivity contribution in [2.24, 2.45) is 7.05 Å². The normalized spacial score (nSPS) is 15.6. The Balaban J connectivity index is 1.64. The summed E-state index contributed by atoms with van der Waals surface area (Å²) in [5.74, 6) is 0. The zero-order valence-corrected chi connectivity index (χ0v) is 16.9. The summed E-state index contributed by atoms with van der Waals surface area (Å²) in [4.78, 5) is 9.21. The molecule has 0 N–H and O–H groups in total. The predicted molar refractivity (Wildman–Crippen MR) is 112 cm³/mol. The van der Waals surface area contributed by atoms with Gasteiger partial charge in [0.15, 0.2) is 0 Å². The van der Waals surface area contributed by atoms with Crippen LogP contribution in [-0.2, 0) is 13.6 Å². The summed E-state index contributed by atoms with van der Waals surface area (Å²) in [5.41, 5.74) is 4.63. The molecule has 0 unspecified atom stereocenters. The van der Waals surface area contributed by atoms with Crippen molar-refractivity contribution in [2.75, 3.05) is 31.1 Å². The van der Waals surface area contributed by atoms with Crippen LogP contribution in [0.25, 0.3) is 10.9 Å². The Labute approximate surface area is 169 Å². The van der Waals surface area contributed by atoms with Crippen molar-refractivity contribution in [3.63, 3.8) is 0 Å². The van der Waals surface area contributed by atoms with E-state index in [9.17, 15) is 5.26 Å². The van der Waals surface area contributed by atoms with Gasteiger partial charge in [-0.25, -0.2) is 0 Å². The van der Waals surface area contributed by atoms with Gasteiger partial charge in [0, 0.05) is 63.1 Å². The van der Waals surface area contributed by atoms with Gasteiger partial charge < -0.3 is 4.90 Å². The summed E-state index contributed by atoms with van der Waals surface area (Å²) in [6, 6.07) is 6.33. The average molecular weight is 395 g/mol. The van der Waals surface area contributed by atoms with E-state index >= 15 is 0 Å². The third-order valence-corrected chi connectivity index (χ3v) is 5.52. The largest absolute Gasteiger partial charge is 0.369 e. The summed E-state index contributed by atoms with van der Waals surface area (Å²) >= 11 is 6.44. The highest BCUT2D eigenvalue weighted by atomic mass is 35.5. The molecule has 4 rings (SSSR count). The Morgan fingerprint density at radius 3 is 2.79 bits per heavy atom. The predicted octanol–water partition coefficient (Wildman–Crippen LogP) is 3.51. The zero-order valence-electron chi connectivity index (χ0n) is 16.2. The lowest BCUT2D eigenvalue weighted by Crippen LogP contribution is -2.31. The van der Waals surface area contributed by atoms with Gasteiger partial charge >= 0.3 is 0 Å². The van der Waals surface area contributed by atoms with Crippen molar-refractivity contribution in [3.8, 4) is 6.07 Å². The summed E-state index contributed by atoms with van der Waals surface area (Å²) in [7, 11) is 1.94. The lowest BCUT2D eigenvalue weighted by Gasteiger charge is -2.26. The van der Waals surface area contributed by atoms with Gasteiger partial charge in [-0.3, -0.25) is 14.6 Å². The van der Waals surface area contributed by atoms with Crippen LogP contribution in [0, 0.1) is 18.3 Å². The molecule has 144 valence electrons. The molecule has 0 amide bonds. The Morgan fingerprint density at radius 1 is 1.18 bits per heavy atom. The molecule has 0 spiro atoms. The molecule has 1 aromatic carbocycles. The first-order valence-electron chi connectivity index (χ1n) is 9.49. The Kier molecular flexibility index (Phi) is 5.21. The van der Waals surface area contributed by atoms with Crippen LogP contribution in [0.5, 0.6) is 0 Å². The number of hydrogen-bond acceptors (Lipinski definition) is 5. The van der Waals surface area contributed by atoms with E-state index in [0.717, 1.165) is 61.3 Å². The van der Waals surface area contributed by atoms with E-state index in [-0.39, 0.29) is 0 Å². The van der Waals surface area contributed by atoms with Crippen molar-refractivity contribution < 1.29 is 0 Å². The maximum Gasteiger partial charge on any atom is 0.103 e. The molecule has 3 aromatic rings. The summed E-state index contributed by atoms with van der Waals surface area (Å²) < 4.78 is 1.84. The van der Waals surface area contributed by atoms with Gasteiger partial charge in [-0.15, -0.1) is 0 Å². The third-order valence-electron chi connectivity index (χ3n) is 5.23. The van der Waals surface area contributed by atoms with E-state index in [1.165, 1.54) is 5.56 Å². The van der Waals surface area contributed by atoms with Gasteiger partial charge in [0.05, 0.1) is 28.0 Å². The van der Waals surface area contributed by atoms with Crippen molar-refractivity contribution in [2.45, 2.75) is 19.9 Å². The molecule has 2 aromatic heterocycles. The molecule has 0 radical (unpaired) electrons. The number of nitriles is 1. The number of halogens is 1. The summed E-state index contributed by atoms with van der Waals surface area (Å²) in [5, 5.41) is 15.6. The highest BCUT2D eigenvalue weighted by molar-refractivity contribution is 6.35. The van der Waals surface area contributed by atoms with Crippen LogP contribution >= 0.6 is 11.6 Å². The number of anilines is 1. The van der Waals surface area contributed by atoms with Crippen molar-refractivity contribution in [1.82, 2.24) is 19.7 Å². The first-order valence-corrected chi connectivity index (χ1v) is 9.86. The number of benzene rings is 1. The van der Waals surface area contributed by atoms with E-state index < -0.39 is 0 Å². The molecule has 7 heteroatoms. The van der Waals surface area contributed by atoms with Crippen LogP contribution in [0.1, 0.15) is 23.1 Å². The molecule has 6 nitrogen and oxygen atoms in total. The van der Waals surface area contributed by atoms with Crippen LogP contribution in [0.3, 0.4) is 0 Å². The Hall–Kier alpha value is -2.62. The standard InChI is InChI=1S/C21H23ClN6/c1-15-8-18-20(19(22)9-15)24-12-17(10-23)21(18)28-5-3-4-27(6-7-28)14-16-11-25-26(2)13-16/h8-9,11-13H,3-7,14H2,1-2H3. The lowest BCUT2D eigenvalue weighted by atomic mass is 10.1. The SMILES string of the molecule is Cc1cc(Cl)c2ncc(C#N)c(N3CCCN(Cc4cnn(C)c4)CC3)c2c1. The number of fused-ring (bicyclic) bond motifs is 1. The lowest BCUT2D eigenvalue weighted by molar-refractivity contribution is 0.285. The van der Waals surface area contributed by atoms with Crippen LogP contribution in [0.2, 0.25) is 5.02 Å². The van der Waals surface area contributed by atoms with Gasteiger partial charge in [0.25, 0.3) is 0 Å². The van der Waals surface area contributed by atoms with Gasteiger partial charge in [-0.1, -0.05) is 11.6 Å². The number of pyridine rings is 1. The minimum Gasteiger partial charge on any atom is -0.369 e. The second-order valence-electron chi connectivity index (χ2n) is 7.41. The molecule has 1 fully saturated rings. The second-order valence-corrected chi connectivity index (χ2v) is 7.82. The van der Waals surface area contributed by atoms with Crippen molar-refractivity contribution in [3.05, 3.63) is 52.4 Å². The summed E-state index contributed by atoms with van der Waals surface area (Å²) in [6.45, 7) is 6.64. The van der Waals surface area contributed by atoms with Gasteiger partial charge in [0.2, 0.25) is 0 Å². The molecular formula is C21H23ClN6. The first kappa shape index (κ1) is 18.7. The van der Waals surface area contributed by atoms with E-state index in [0.29, 0.717) is 10.6 Å². The minimum atomic E-state index is 0.606. The fraction of sp³-hybridized carbons (Fsp3) is 0.381. The number of nitrogens with zero attached hydrogens (tertiary/aromatic N) is 6.